The summed E-state index contributed by atoms with van der Waals surface area (Å²) in [5.74, 6) is -0.677. The molecular weight excluding hydrogens is 319 g/mol. The molecule has 0 unspecified atom stereocenters. The maximum atomic E-state index is 13.7. The van der Waals surface area contributed by atoms with E-state index in [9.17, 15) is 17.6 Å². The number of rotatable bonds is 1. The molecule has 1 aromatic carbocycles. The van der Waals surface area contributed by atoms with Gasteiger partial charge in [-0.3, -0.25) is 4.79 Å². The van der Waals surface area contributed by atoms with Crippen molar-refractivity contribution in [3.8, 4) is 0 Å². The van der Waals surface area contributed by atoms with Gasteiger partial charge in [0.25, 0.3) is 0 Å². The normalized spacial score (nSPS) is 20.8. The third-order valence-electron chi connectivity index (χ3n) is 4.25. The summed E-state index contributed by atoms with van der Waals surface area (Å²) < 4.78 is 38.2. The van der Waals surface area contributed by atoms with Gasteiger partial charge in [0, 0.05) is 13.1 Å². The Kier molecular flexibility index (Phi) is 4.03. The number of piperidine rings is 1. The maximum Gasteiger partial charge on any atom is 0.235 e. The minimum Gasteiger partial charge on any atom is -0.323 e. The Morgan fingerprint density at radius 2 is 1.90 bits per heavy atom. The molecule has 21 heavy (non-hydrogen) atoms. The highest BCUT2D eigenvalue weighted by Gasteiger charge is 2.50. The van der Waals surface area contributed by atoms with Crippen LogP contribution >= 0.6 is 12.4 Å². The lowest BCUT2D eigenvalue weighted by Gasteiger charge is -2.36. The molecule has 8 heteroatoms. The molecule has 1 aromatic rings. The lowest BCUT2D eigenvalue weighted by molar-refractivity contribution is -0.122. The predicted molar refractivity (Wildman–Crippen MR) is 79.6 cm³/mol. The summed E-state index contributed by atoms with van der Waals surface area (Å²) in [6.45, 7) is 0.560. The lowest BCUT2D eigenvalue weighted by atomic mass is 9.74. The van der Waals surface area contributed by atoms with Crippen molar-refractivity contribution in [3.05, 3.63) is 29.6 Å². The van der Waals surface area contributed by atoms with Gasteiger partial charge in [0.1, 0.15) is 5.82 Å². The Morgan fingerprint density at radius 1 is 1.29 bits per heavy atom. The van der Waals surface area contributed by atoms with E-state index >= 15 is 0 Å². The molecular formula is C13H16ClFN2O3S. The van der Waals surface area contributed by atoms with E-state index in [1.165, 1.54) is 10.4 Å². The molecule has 116 valence electrons. The van der Waals surface area contributed by atoms with Gasteiger partial charge in [-0.1, -0.05) is 12.1 Å². The first kappa shape index (κ1) is 16.2. The van der Waals surface area contributed by atoms with Crippen LogP contribution in [-0.2, 0) is 20.2 Å². The molecule has 1 spiro atoms. The van der Waals surface area contributed by atoms with Crippen LogP contribution in [0, 0.1) is 5.82 Å². The van der Waals surface area contributed by atoms with Gasteiger partial charge < -0.3 is 5.32 Å². The molecule has 1 saturated heterocycles. The third-order valence-corrected chi connectivity index (χ3v) is 5.55. The highest BCUT2D eigenvalue weighted by atomic mass is 35.5. The Bertz CT molecular complexity index is 685. The molecule has 0 radical (unpaired) electrons. The van der Waals surface area contributed by atoms with Gasteiger partial charge in [0.15, 0.2) is 0 Å². The number of para-hydroxylation sites is 1. The molecule has 0 atom stereocenters. The number of sulfonamides is 1. The zero-order valence-electron chi connectivity index (χ0n) is 11.4. The topological polar surface area (TPSA) is 66.5 Å². The van der Waals surface area contributed by atoms with Gasteiger partial charge in [0.2, 0.25) is 15.9 Å². The Balaban J connectivity index is 0.00000161. The SMILES string of the molecule is CS(=O)(=O)N1CCC2(CC1)C(=O)Nc1c(F)cccc12.Cl. The van der Waals surface area contributed by atoms with Crippen LogP contribution in [0.5, 0.6) is 0 Å². The standard InChI is InChI=1S/C13H15FN2O3S.ClH/c1-20(18,19)16-7-5-13(6-8-16)9-3-2-4-10(14)11(9)15-12(13)17;/h2-4H,5-8H2,1H3,(H,15,17);1H. The number of amides is 1. The van der Waals surface area contributed by atoms with Crippen molar-refractivity contribution in [1.82, 2.24) is 4.31 Å². The summed E-state index contributed by atoms with van der Waals surface area (Å²) in [5, 5.41) is 2.60. The minimum atomic E-state index is -3.25. The summed E-state index contributed by atoms with van der Waals surface area (Å²) in [4.78, 5) is 12.3. The average Bonchev–Trinajstić information content (AvgIpc) is 2.65. The van der Waals surface area contributed by atoms with Crippen molar-refractivity contribution in [1.29, 1.82) is 0 Å². The van der Waals surface area contributed by atoms with E-state index in [0.29, 0.717) is 18.4 Å². The predicted octanol–water partition coefficient (Wildman–Crippen LogP) is 1.49. The van der Waals surface area contributed by atoms with Gasteiger partial charge in [0.05, 0.1) is 17.4 Å². The smallest absolute Gasteiger partial charge is 0.235 e. The van der Waals surface area contributed by atoms with Crippen LogP contribution in [0.3, 0.4) is 0 Å². The summed E-state index contributed by atoms with van der Waals surface area (Å²) in [5.41, 5.74) is 0.0967. The fourth-order valence-electron chi connectivity index (χ4n) is 3.10. The molecule has 5 nitrogen and oxygen atoms in total. The highest BCUT2D eigenvalue weighted by molar-refractivity contribution is 7.88. The van der Waals surface area contributed by atoms with E-state index < -0.39 is 21.3 Å². The Morgan fingerprint density at radius 3 is 2.48 bits per heavy atom. The van der Waals surface area contributed by atoms with Crippen LogP contribution in [0.1, 0.15) is 18.4 Å². The second-order valence-corrected chi connectivity index (χ2v) is 7.34. The second-order valence-electron chi connectivity index (χ2n) is 5.36. The first-order chi connectivity index (χ1) is 9.34. The van der Waals surface area contributed by atoms with Gasteiger partial charge in [-0.2, -0.15) is 0 Å². The molecule has 0 aromatic heterocycles. The molecule has 0 aliphatic carbocycles. The summed E-state index contributed by atoms with van der Waals surface area (Å²) in [6.07, 6.45) is 1.91. The second kappa shape index (κ2) is 5.23. The van der Waals surface area contributed by atoms with E-state index in [1.54, 1.807) is 12.1 Å². The zero-order chi connectivity index (χ0) is 14.5. The van der Waals surface area contributed by atoms with E-state index in [1.807, 2.05) is 0 Å². The third kappa shape index (κ3) is 2.43. The van der Waals surface area contributed by atoms with Crippen molar-refractivity contribution in [2.45, 2.75) is 18.3 Å². The van der Waals surface area contributed by atoms with Crippen LogP contribution < -0.4 is 5.32 Å². The molecule has 0 bridgehead atoms. The monoisotopic (exact) mass is 334 g/mol. The maximum absolute atomic E-state index is 13.7. The Hall–Kier alpha value is -1.18. The van der Waals surface area contributed by atoms with E-state index in [4.69, 9.17) is 0 Å². The van der Waals surface area contributed by atoms with Gasteiger partial charge in [-0.25, -0.2) is 17.1 Å². The number of benzene rings is 1. The summed E-state index contributed by atoms with van der Waals surface area (Å²) in [6, 6.07) is 4.63. The van der Waals surface area contributed by atoms with Crippen molar-refractivity contribution >= 4 is 34.0 Å². The zero-order valence-corrected chi connectivity index (χ0v) is 13.1. The number of nitrogens with one attached hydrogen (secondary N) is 1. The van der Waals surface area contributed by atoms with Crippen LogP contribution in [-0.4, -0.2) is 38.0 Å². The number of fused-ring (bicyclic) bond motifs is 2. The highest BCUT2D eigenvalue weighted by Crippen LogP contribution is 2.45. The molecule has 1 N–H and O–H groups in total. The molecule has 1 amide bonds. The number of halogens is 2. The summed E-state index contributed by atoms with van der Waals surface area (Å²) >= 11 is 0. The molecule has 2 heterocycles. The quantitative estimate of drug-likeness (QED) is 0.846. The minimum absolute atomic E-state index is 0. The average molecular weight is 335 g/mol. The van der Waals surface area contributed by atoms with Crippen LogP contribution in [0.2, 0.25) is 0 Å². The van der Waals surface area contributed by atoms with Crippen LogP contribution in [0.4, 0.5) is 10.1 Å². The van der Waals surface area contributed by atoms with Crippen molar-refractivity contribution in [2.75, 3.05) is 24.7 Å². The number of carbonyl (C=O) groups is 1. The largest absolute Gasteiger partial charge is 0.323 e. The molecule has 2 aliphatic rings. The fourth-order valence-corrected chi connectivity index (χ4v) is 3.95. The molecule has 0 saturated carbocycles. The fraction of sp³-hybridized carbons (Fsp3) is 0.462. The van der Waals surface area contributed by atoms with Crippen LogP contribution in [0.15, 0.2) is 18.2 Å². The number of hydrogen-bond donors (Lipinski definition) is 1. The number of carbonyl (C=O) groups excluding carboxylic acids is 1. The van der Waals surface area contributed by atoms with Crippen molar-refractivity contribution < 1.29 is 17.6 Å². The Labute approximate surface area is 129 Å². The number of hydrogen-bond acceptors (Lipinski definition) is 3. The van der Waals surface area contributed by atoms with Gasteiger partial charge >= 0.3 is 0 Å². The molecule has 3 rings (SSSR count). The van der Waals surface area contributed by atoms with E-state index in [2.05, 4.69) is 5.32 Å². The van der Waals surface area contributed by atoms with E-state index in [-0.39, 0.29) is 37.1 Å². The molecule has 2 aliphatic heterocycles. The summed E-state index contributed by atoms with van der Waals surface area (Å²) in [7, 11) is -3.25. The van der Waals surface area contributed by atoms with Crippen LogP contribution in [0.25, 0.3) is 0 Å². The van der Waals surface area contributed by atoms with Crippen molar-refractivity contribution in [3.63, 3.8) is 0 Å². The van der Waals surface area contributed by atoms with Gasteiger partial charge in [-0.05, 0) is 24.5 Å². The number of nitrogens with zero attached hydrogens (tertiary/aromatic N) is 1. The first-order valence-corrected chi connectivity index (χ1v) is 8.25. The van der Waals surface area contributed by atoms with E-state index in [0.717, 1.165) is 6.26 Å². The van der Waals surface area contributed by atoms with Gasteiger partial charge in [-0.15, -0.1) is 12.4 Å². The van der Waals surface area contributed by atoms with Crippen molar-refractivity contribution in [2.24, 2.45) is 0 Å². The first-order valence-electron chi connectivity index (χ1n) is 6.40. The lowest BCUT2D eigenvalue weighted by Crippen LogP contribution is -2.47. The molecule has 1 fully saturated rings. The number of anilines is 1.